The zero-order valence-corrected chi connectivity index (χ0v) is 27.2. The van der Waals surface area contributed by atoms with Crippen molar-refractivity contribution in [3.63, 3.8) is 0 Å². The van der Waals surface area contributed by atoms with Crippen molar-refractivity contribution in [2.24, 2.45) is 0 Å². The first-order valence-corrected chi connectivity index (χ1v) is 15.9. The Kier molecular flexibility index (Phi) is 7.84. The third-order valence-corrected chi connectivity index (χ3v) is 9.13. The van der Waals surface area contributed by atoms with Crippen molar-refractivity contribution < 1.29 is 19.2 Å². The number of nitrogen functional groups attached to an aromatic ring is 6. The predicted octanol–water partition coefficient (Wildman–Crippen LogP) is 5.68. The van der Waals surface area contributed by atoms with Crippen LogP contribution in [-0.4, -0.2) is 23.1 Å². The molecule has 0 atom stereocenters. The molecule has 0 heterocycles. The Bertz CT molecular complexity index is 2330. The molecule has 0 amide bonds. The summed E-state index contributed by atoms with van der Waals surface area (Å²) in [6, 6.07) is 31.4. The van der Waals surface area contributed by atoms with Crippen LogP contribution in [0.25, 0.3) is 11.1 Å². The number of anilines is 6. The van der Waals surface area contributed by atoms with Crippen molar-refractivity contribution in [2.45, 2.75) is 6.42 Å². The fraction of sp³-hybridized carbons (Fsp3) is 0.0244. The third-order valence-electron chi connectivity index (χ3n) is 9.13. The van der Waals surface area contributed by atoms with Gasteiger partial charge in [0.2, 0.25) is 0 Å². The van der Waals surface area contributed by atoms with E-state index in [1.54, 1.807) is 60.7 Å². The molecular weight excluding hydrogens is 640 g/mol. The van der Waals surface area contributed by atoms with Gasteiger partial charge < -0.3 is 34.4 Å². The molecule has 3 aliphatic rings. The summed E-state index contributed by atoms with van der Waals surface area (Å²) in [7, 11) is 0. The maximum atomic E-state index is 12.3. The molecule has 0 saturated heterocycles. The van der Waals surface area contributed by atoms with Crippen molar-refractivity contribution in [1.29, 1.82) is 0 Å². The van der Waals surface area contributed by atoms with Crippen molar-refractivity contribution in [3.8, 4) is 11.1 Å². The lowest BCUT2D eigenvalue weighted by Gasteiger charge is -2.19. The van der Waals surface area contributed by atoms with E-state index >= 15 is 0 Å². The molecule has 6 aromatic carbocycles. The summed E-state index contributed by atoms with van der Waals surface area (Å²) in [5.41, 5.74) is 45.5. The number of fused-ring (bicyclic) bond motifs is 7. The first-order valence-electron chi connectivity index (χ1n) is 15.9. The van der Waals surface area contributed by atoms with Gasteiger partial charge in [0.1, 0.15) is 0 Å². The Labute approximate surface area is 292 Å². The first-order chi connectivity index (χ1) is 24.4. The molecule has 3 aliphatic carbocycles. The molecular formula is C41H32N6O4. The largest absolute Gasteiger partial charge is 0.399 e. The van der Waals surface area contributed by atoms with E-state index in [2.05, 4.69) is 12.1 Å². The van der Waals surface area contributed by atoms with Gasteiger partial charge in [-0.25, -0.2) is 0 Å². The number of nitrogens with two attached hydrogens (primary N) is 6. The van der Waals surface area contributed by atoms with Gasteiger partial charge in [0.05, 0.1) is 11.1 Å². The van der Waals surface area contributed by atoms with Gasteiger partial charge in [-0.15, -0.1) is 0 Å². The van der Waals surface area contributed by atoms with Crippen LogP contribution in [0.3, 0.4) is 0 Å². The van der Waals surface area contributed by atoms with Crippen molar-refractivity contribution in [2.75, 3.05) is 34.4 Å². The maximum absolute atomic E-state index is 12.3. The fourth-order valence-corrected chi connectivity index (χ4v) is 6.73. The molecule has 6 aromatic rings. The van der Waals surface area contributed by atoms with Crippen LogP contribution >= 0.6 is 0 Å². The highest BCUT2D eigenvalue weighted by Gasteiger charge is 2.32. The Balaban J connectivity index is 0.000000120. The van der Waals surface area contributed by atoms with E-state index in [0.717, 1.165) is 17.8 Å². The van der Waals surface area contributed by atoms with Crippen molar-refractivity contribution in [3.05, 3.63) is 165 Å². The summed E-state index contributed by atoms with van der Waals surface area (Å²) in [5.74, 6) is -0.867. The standard InChI is InChI=1S/2C14H10N2O2.C13H12N2/c15-7-1-3-9-11(5-7)14(18)10-4-2-8(16)6-12(10)13(9)17;15-9-5-1-3-7-11(9)14(18)8-4-2-6-10(16)12(8)13(7)17;14-10-1-3-12-8(6-10)5-9-7-11(15)2-4-13(9)12/h2*1-6H,15-16H2;1-4,6-7H,5,14-15H2. The van der Waals surface area contributed by atoms with Gasteiger partial charge in [0, 0.05) is 67.5 Å². The Morgan fingerprint density at radius 2 is 0.686 bits per heavy atom. The molecule has 0 spiro atoms. The molecule has 0 aromatic heterocycles. The second kappa shape index (κ2) is 12.4. The third kappa shape index (κ3) is 5.60. The molecule has 51 heavy (non-hydrogen) atoms. The number of hydrogen-bond acceptors (Lipinski definition) is 10. The van der Waals surface area contributed by atoms with E-state index in [1.165, 1.54) is 34.4 Å². The fourth-order valence-electron chi connectivity index (χ4n) is 6.73. The lowest BCUT2D eigenvalue weighted by Crippen LogP contribution is -2.23. The summed E-state index contributed by atoms with van der Waals surface area (Å²) in [6.45, 7) is 0. The average molecular weight is 673 g/mol. The van der Waals surface area contributed by atoms with Gasteiger partial charge in [0.15, 0.2) is 23.1 Å². The van der Waals surface area contributed by atoms with Crippen molar-refractivity contribution >= 4 is 57.3 Å². The van der Waals surface area contributed by atoms with Crippen molar-refractivity contribution in [1.82, 2.24) is 0 Å². The molecule has 0 radical (unpaired) electrons. The SMILES string of the molecule is Nc1ccc2c(c1)C(=O)c1ccc(N)cc1C2=O.Nc1ccc2c(c1)Cc1cc(N)ccc1-2.Nc1cccc2c1C(=O)c1cccc(N)c1C2=O. The van der Waals surface area contributed by atoms with E-state index in [9.17, 15) is 19.2 Å². The minimum Gasteiger partial charge on any atom is -0.399 e. The highest BCUT2D eigenvalue weighted by molar-refractivity contribution is 6.31. The van der Waals surface area contributed by atoms with Gasteiger partial charge in [0.25, 0.3) is 0 Å². The lowest BCUT2D eigenvalue weighted by molar-refractivity contribution is 0.0979. The highest BCUT2D eigenvalue weighted by Crippen LogP contribution is 2.38. The van der Waals surface area contributed by atoms with Crippen LogP contribution in [0, 0.1) is 0 Å². The minimum atomic E-state index is -0.245. The number of ketones is 4. The second-order valence-corrected chi connectivity index (χ2v) is 12.5. The quantitative estimate of drug-likeness (QED) is 0.108. The monoisotopic (exact) mass is 672 g/mol. The zero-order valence-electron chi connectivity index (χ0n) is 27.2. The molecule has 0 bridgehead atoms. The van der Waals surface area contributed by atoms with Crippen LogP contribution in [0.1, 0.15) is 74.8 Å². The Hall–Kier alpha value is -7.20. The molecule has 0 unspecified atom stereocenters. The average Bonchev–Trinajstić information content (AvgIpc) is 3.46. The molecule has 10 nitrogen and oxygen atoms in total. The number of rotatable bonds is 0. The predicted molar refractivity (Wildman–Crippen MR) is 201 cm³/mol. The van der Waals surface area contributed by atoms with E-state index in [4.69, 9.17) is 34.4 Å². The van der Waals surface area contributed by atoms with Crippen LogP contribution in [0.4, 0.5) is 34.1 Å². The van der Waals surface area contributed by atoms with Gasteiger partial charge in [-0.2, -0.15) is 0 Å². The molecule has 12 N–H and O–H groups in total. The Morgan fingerprint density at radius 3 is 1.08 bits per heavy atom. The number of benzene rings is 6. The maximum Gasteiger partial charge on any atom is 0.196 e. The van der Waals surface area contributed by atoms with E-state index in [-0.39, 0.29) is 34.3 Å². The van der Waals surface area contributed by atoms with E-state index in [1.807, 2.05) is 24.3 Å². The van der Waals surface area contributed by atoms with Crippen LogP contribution in [0.2, 0.25) is 0 Å². The smallest absolute Gasteiger partial charge is 0.196 e. The van der Waals surface area contributed by atoms with Gasteiger partial charge in [-0.05, 0) is 101 Å². The Morgan fingerprint density at radius 1 is 0.333 bits per heavy atom. The minimum absolute atomic E-state index is 0.188. The van der Waals surface area contributed by atoms with Crippen LogP contribution in [0.5, 0.6) is 0 Å². The second-order valence-electron chi connectivity index (χ2n) is 12.5. The van der Waals surface area contributed by atoms with Crippen LogP contribution in [-0.2, 0) is 6.42 Å². The summed E-state index contributed by atoms with van der Waals surface area (Å²) in [5, 5.41) is 0. The van der Waals surface area contributed by atoms with Crippen LogP contribution < -0.4 is 34.4 Å². The zero-order chi connectivity index (χ0) is 36.1. The molecule has 9 rings (SSSR count). The highest BCUT2D eigenvalue weighted by atomic mass is 16.1. The summed E-state index contributed by atoms with van der Waals surface area (Å²) in [4.78, 5) is 49.2. The number of carbonyl (C=O) groups excluding carboxylic acids is 4. The summed E-state index contributed by atoms with van der Waals surface area (Å²) < 4.78 is 0. The topological polar surface area (TPSA) is 224 Å². The van der Waals surface area contributed by atoms with Gasteiger partial charge >= 0.3 is 0 Å². The van der Waals surface area contributed by atoms with E-state index in [0.29, 0.717) is 56.1 Å². The van der Waals surface area contributed by atoms with E-state index < -0.39 is 0 Å². The molecule has 0 aliphatic heterocycles. The number of hydrogen-bond donors (Lipinski definition) is 6. The molecule has 250 valence electrons. The molecule has 0 fully saturated rings. The van der Waals surface area contributed by atoms with Gasteiger partial charge in [-0.1, -0.05) is 36.4 Å². The number of carbonyl (C=O) groups is 4. The van der Waals surface area contributed by atoms with Crippen LogP contribution in [0.15, 0.2) is 109 Å². The normalized spacial score (nSPS) is 12.9. The summed E-state index contributed by atoms with van der Waals surface area (Å²) in [6.07, 6.45) is 0.945. The molecule has 10 heteroatoms. The molecule has 0 saturated carbocycles. The first kappa shape index (κ1) is 32.4. The summed E-state index contributed by atoms with van der Waals surface area (Å²) >= 11 is 0. The lowest BCUT2D eigenvalue weighted by atomic mass is 9.82. The van der Waals surface area contributed by atoms with Gasteiger partial charge in [-0.3, -0.25) is 19.2 Å².